The molecule has 0 unspecified atom stereocenters. The van der Waals surface area contributed by atoms with Crippen molar-refractivity contribution in [3.63, 3.8) is 0 Å². The minimum absolute atomic E-state index is 0.104. The lowest BCUT2D eigenvalue weighted by atomic mass is 10.2. The second-order valence-electron chi connectivity index (χ2n) is 2.91. The molecule has 1 aromatic carbocycles. The van der Waals surface area contributed by atoms with E-state index >= 15 is 0 Å². The van der Waals surface area contributed by atoms with Crippen LogP contribution in [0.3, 0.4) is 0 Å². The Balaban J connectivity index is 2.75. The highest BCUT2D eigenvalue weighted by Crippen LogP contribution is 2.20. The van der Waals surface area contributed by atoms with E-state index in [1.165, 1.54) is 0 Å². The fraction of sp³-hybridized carbons (Fsp3) is 0.400. The first kappa shape index (κ1) is 12.2. The second-order valence-corrected chi connectivity index (χ2v) is 3.29. The zero-order valence-electron chi connectivity index (χ0n) is 7.97. The summed E-state index contributed by atoms with van der Waals surface area (Å²) < 4.78 is 31.3. The Bertz CT molecular complexity index is 308. The molecule has 0 aliphatic rings. The first-order valence-electron chi connectivity index (χ1n) is 4.46. The molecule has 2 nitrogen and oxygen atoms in total. The number of hydrogen-bond donors (Lipinski definition) is 1. The number of alkyl halides is 1. The van der Waals surface area contributed by atoms with Crippen LogP contribution in [0.5, 0.6) is 5.75 Å². The SMILES string of the molecule is OCc1c(F)cc(OCCCCl)cc1F. The number of aliphatic hydroxyl groups is 1. The van der Waals surface area contributed by atoms with Gasteiger partial charge in [-0.15, -0.1) is 11.6 Å². The van der Waals surface area contributed by atoms with Crippen molar-refractivity contribution in [2.75, 3.05) is 12.5 Å². The number of benzene rings is 1. The van der Waals surface area contributed by atoms with Crippen LogP contribution >= 0.6 is 11.6 Å². The lowest BCUT2D eigenvalue weighted by molar-refractivity contribution is 0.266. The van der Waals surface area contributed by atoms with Crippen molar-refractivity contribution in [3.8, 4) is 5.75 Å². The van der Waals surface area contributed by atoms with E-state index in [9.17, 15) is 8.78 Å². The summed E-state index contributed by atoms with van der Waals surface area (Å²) in [5.74, 6) is -1.08. The molecule has 0 saturated heterocycles. The average molecular weight is 237 g/mol. The largest absolute Gasteiger partial charge is 0.493 e. The molecule has 0 aromatic heterocycles. The summed E-state index contributed by atoms with van der Waals surface area (Å²) in [6.45, 7) is -0.361. The van der Waals surface area contributed by atoms with Gasteiger partial charge in [-0.25, -0.2) is 8.78 Å². The van der Waals surface area contributed by atoms with E-state index in [-0.39, 0.29) is 11.3 Å². The summed E-state index contributed by atoms with van der Waals surface area (Å²) in [6.07, 6.45) is 0.604. The predicted octanol–water partition coefficient (Wildman–Crippen LogP) is 2.46. The van der Waals surface area contributed by atoms with Gasteiger partial charge in [-0.1, -0.05) is 0 Å². The normalized spacial score (nSPS) is 10.4. The van der Waals surface area contributed by atoms with E-state index in [0.29, 0.717) is 18.9 Å². The quantitative estimate of drug-likeness (QED) is 0.629. The highest BCUT2D eigenvalue weighted by atomic mass is 35.5. The molecule has 0 saturated carbocycles. The molecule has 0 heterocycles. The van der Waals surface area contributed by atoms with Crippen LogP contribution in [0.15, 0.2) is 12.1 Å². The maximum absolute atomic E-state index is 13.1. The first-order valence-corrected chi connectivity index (χ1v) is 5.00. The molecule has 5 heteroatoms. The van der Waals surface area contributed by atoms with Crippen LogP contribution < -0.4 is 4.74 Å². The number of rotatable bonds is 5. The van der Waals surface area contributed by atoms with Crippen molar-refractivity contribution >= 4 is 11.6 Å². The maximum atomic E-state index is 13.1. The topological polar surface area (TPSA) is 29.5 Å². The first-order chi connectivity index (χ1) is 7.19. The third-order valence-corrected chi connectivity index (χ3v) is 2.09. The van der Waals surface area contributed by atoms with Gasteiger partial charge < -0.3 is 9.84 Å². The molecule has 1 aromatic rings. The van der Waals surface area contributed by atoms with E-state index < -0.39 is 18.2 Å². The van der Waals surface area contributed by atoms with Gasteiger partial charge in [0.1, 0.15) is 17.4 Å². The molecule has 0 radical (unpaired) electrons. The van der Waals surface area contributed by atoms with E-state index in [2.05, 4.69) is 0 Å². The van der Waals surface area contributed by atoms with Gasteiger partial charge in [0.2, 0.25) is 0 Å². The van der Waals surface area contributed by atoms with Crippen molar-refractivity contribution in [3.05, 3.63) is 29.3 Å². The van der Waals surface area contributed by atoms with E-state index in [4.69, 9.17) is 21.4 Å². The van der Waals surface area contributed by atoms with Crippen LogP contribution in [0, 0.1) is 11.6 Å². The minimum Gasteiger partial charge on any atom is -0.493 e. The van der Waals surface area contributed by atoms with Crippen LogP contribution in [0.2, 0.25) is 0 Å². The van der Waals surface area contributed by atoms with Gasteiger partial charge in [0.05, 0.1) is 13.2 Å². The van der Waals surface area contributed by atoms with Crippen molar-refractivity contribution in [1.82, 2.24) is 0 Å². The Labute approximate surface area is 91.4 Å². The van der Waals surface area contributed by atoms with Gasteiger partial charge in [-0.05, 0) is 6.42 Å². The van der Waals surface area contributed by atoms with Crippen molar-refractivity contribution in [2.45, 2.75) is 13.0 Å². The van der Waals surface area contributed by atoms with Crippen LogP contribution in [-0.2, 0) is 6.61 Å². The molecule has 0 aliphatic carbocycles. The molecule has 84 valence electrons. The third-order valence-electron chi connectivity index (χ3n) is 1.82. The van der Waals surface area contributed by atoms with Gasteiger partial charge in [-0.3, -0.25) is 0 Å². The number of aliphatic hydroxyl groups excluding tert-OH is 1. The Morgan fingerprint density at radius 2 is 1.87 bits per heavy atom. The monoisotopic (exact) mass is 236 g/mol. The Morgan fingerprint density at radius 3 is 2.33 bits per heavy atom. The maximum Gasteiger partial charge on any atom is 0.135 e. The van der Waals surface area contributed by atoms with Crippen LogP contribution in [0.25, 0.3) is 0 Å². The van der Waals surface area contributed by atoms with E-state index in [0.717, 1.165) is 12.1 Å². The molecule has 0 aliphatic heterocycles. The standard InChI is InChI=1S/C10H11ClF2O2/c11-2-1-3-15-7-4-9(12)8(6-14)10(13)5-7/h4-5,14H,1-3,6H2. The number of halogens is 3. The summed E-state index contributed by atoms with van der Waals surface area (Å²) in [4.78, 5) is 0. The molecule has 0 amide bonds. The molecule has 1 rings (SSSR count). The number of ether oxygens (including phenoxy) is 1. The fourth-order valence-electron chi connectivity index (χ4n) is 1.06. The van der Waals surface area contributed by atoms with Gasteiger partial charge in [0, 0.05) is 23.6 Å². The van der Waals surface area contributed by atoms with Crippen molar-refractivity contribution in [1.29, 1.82) is 0 Å². The Kier molecular flexibility index (Phi) is 4.78. The highest BCUT2D eigenvalue weighted by molar-refractivity contribution is 6.17. The summed E-state index contributed by atoms with van der Waals surface area (Å²) in [5, 5.41) is 8.67. The molecule has 0 fully saturated rings. The summed E-state index contributed by atoms with van der Waals surface area (Å²) >= 11 is 5.42. The summed E-state index contributed by atoms with van der Waals surface area (Å²) in [7, 11) is 0. The predicted molar refractivity (Wildman–Crippen MR) is 53.1 cm³/mol. The smallest absolute Gasteiger partial charge is 0.135 e. The molecular formula is C10H11ClF2O2. The van der Waals surface area contributed by atoms with Gasteiger partial charge in [0.25, 0.3) is 0 Å². The molecule has 1 N–H and O–H groups in total. The van der Waals surface area contributed by atoms with Crippen LogP contribution in [0.4, 0.5) is 8.78 Å². The minimum atomic E-state index is -0.807. The molecule has 0 bridgehead atoms. The Morgan fingerprint density at radius 1 is 1.27 bits per heavy atom. The zero-order chi connectivity index (χ0) is 11.3. The summed E-state index contributed by atoms with van der Waals surface area (Å²) in [5.41, 5.74) is -0.348. The lowest BCUT2D eigenvalue weighted by Crippen LogP contribution is -2.01. The molecule has 0 spiro atoms. The Hall–Kier alpha value is -0.870. The number of hydrogen-bond acceptors (Lipinski definition) is 2. The van der Waals surface area contributed by atoms with Crippen molar-refractivity contribution < 1.29 is 18.6 Å². The third kappa shape index (κ3) is 3.32. The zero-order valence-corrected chi connectivity index (χ0v) is 8.73. The van der Waals surface area contributed by atoms with E-state index in [1.807, 2.05) is 0 Å². The van der Waals surface area contributed by atoms with Crippen LogP contribution in [0.1, 0.15) is 12.0 Å². The van der Waals surface area contributed by atoms with Crippen LogP contribution in [-0.4, -0.2) is 17.6 Å². The average Bonchev–Trinajstić information content (AvgIpc) is 2.18. The molecule has 0 atom stereocenters. The molecular weight excluding hydrogens is 226 g/mol. The lowest BCUT2D eigenvalue weighted by Gasteiger charge is -2.07. The van der Waals surface area contributed by atoms with E-state index in [1.54, 1.807) is 0 Å². The van der Waals surface area contributed by atoms with Gasteiger partial charge >= 0.3 is 0 Å². The summed E-state index contributed by atoms with van der Waals surface area (Å²) in [6, 6.07) is 2.09. The van der Waals surface area contributed by atoms with Gasteiger partial charge in [0.15, 0.2) is 0 Å². The van der Waals surface area contributed by atoms with Gasteiger partial charge in [-0.2, -0.15) is 0 Å². The highest BCUT2D eigenvalue weighted by Gasteiger charge is 2.10. The van der Waals surface area contributed by atoms with Crippen molar-refractivity contribution in [2.24, 2.45) is 0 Å². The molecule has 15 heavy (non-hydrogen) atoms. The second kappa shape index (κ2) is 5.88. The fourth-order valence-corrected chi connectivity index (χ4v) is 1.17.